The van der Waals surface area contributed by atoms with Crippen LogP contribution in [0.3, 0.4) is 0 Å². The minimum atomic E-state index is -0.799. The number of rotatable bonds is 23. The van der Waals surface area contributed by atoms with E-state index in [1.165, 1.54) is 64.2 Å². The van der Waals surface area contributed by atoms with Gasteiger partial charge in [0.05, 0.1) is 12.2 Å². The molecule has 186 valence electrons. The van der Waals surface area contributed by atoms with Crippen molar-refractivity contribution < 1.29 is 20.1 Å². The monoisotopic (exact) mass is 450 g/mol. The summed E-state index contributed by atoms with van der Waals surface area (Å²) in [7, 11) is 0. The summed E-state index contributed by atoms with van der Waals surface area (Å²) in [5, 5.41) is 28.5. The van der Waals surface area contributed by atoms with Gasteiger partial charge in [-0.15, -0.1) is 0 Å². The Hall–Kier alpha value is -1.39. The van der Waals surface area contributed by atoms with Crippen molar-refractivity contribution in [3.05, 3.63) is 36.5 Å². The summed E-state index contributed by atoms with van der Waals surface area (Å²) >= 11 is 0. The first kappa shape index (κ1) is 30.6. The lowest BCUT2D eigenvalue weighted by Crippen LogP contribution is -2.05. The molecule has 0 fully saturated rings. The van der Waals surface area contributed by atoms with E-state index >= 15 is 0 Å². The normalized spacial score (nSPS) is 14.1. The zero-order valence-corrected chi connectivity index (χ0v) is 20.6. The van der Waals surface area contributed by atoms with Crippen molar-refractivity contribution in [3.8, 4) is 0 Å². The highest BCUT2D eigenvalue weighted by Gasteiger charge is 2.03. The minimum absolute atomic E-state index is 0.131. The van der Waals surface area contributed by atoms with Crippen LogP contribution in [-0.4, -0.2) is 33.5 Å². The molecular weight excluding hydrogens is 400 g/mol. The quantitative estimate of drug-likeness (QED) is 0.111. The Morgan fingerprint density at radius 3 is 1.78 bits per heavy atom. The van der Waals surface area contributed by atoms with Crippen LogP contribution < -0.4 is 0 Å². The van der Waals surface area contributed by atoms with Gasteiger partial charge < -0.3 is 15.3 Å². The first-order valence-electron chi connectivity index (χ1n) is 13.1. The van der Waals surface area contributed by atoms with Gasteiger partial charge in [0.1, 0.15) is 0 Å². The molecule has 2 unspecified atom stereocenters. The van der Waals surface area contributed by atoms with Gasteiger partial charge in [0, 0.05) is 6.42 Å². The van der Waals surface area contributed by atoms with Crippen LogP contribution in [0.25, 0.3) is 0 Å². The lowest BCUT2D eigenvalue weighted by atomic mass is 10.0. The van der Waals surface area contributed by atoms with Crippen molar-refractivity contribution in [1.82, 2.24) is 0 Å². The van der Waals surface area contributed by atoms with Gasteiger partial charge in [0.25, 0.3) is 0 Å². The van der Waals surface area contributed by atoms with Crippen molar-refractivity contribution in [2.75, 3.05) is 0 Å². The Morgan fingerprint density at radius 2 is 1.16 bits per heavy atom. The molecule has 2 atom stereocenters. The average Bonchev–Trinajstić information content (AvgIpc) is 2.76. The van der Waals surface area contributed by atoms with Crippen molar-refractivity contribution in [2.24, 2.45) is 0 Å². The molecule has 0 aliphatic carbocycles. The maximum Gasteiger partial charge on any atom is 0.303 e. The Labute approximate surface area is 197 Å². The molecule has 0 aromatic heterocycles. The Morgan fingerprint density at radius 1 is 0.625 bits per heavy atom. The Bertz CT molecular complexity index is 496. The predicted molar refractivity (Wildman–Crippen MR) is 136 cm³/mol. The zero-order chi connectivity index (χ0) is 23.7. The molecule has 0 saturated carbocycles. The van der Waals surface area contributed by atoms with E-state index in [4.69, 9.17) is 5.11 Å². The second kappa shape index (κ2) is 24.3. The number of carboxylic acid groups (broad SMARTS) is 1. The van der Waals surface area contributed by atoms with Gasteiger partial charge in [0.2, 0.25) is 0 Å². The van der Waals surface area contributed by atoms with E-state index in [2.05, 4.69) is 19.1 Å². The van der Waals surface area contributed by atoms with E-state index in [1.54, 1.807) is 0 Å². The van der Waals surface area contributed by atoms with Crippen LogP contribution in [0.15, 0.2) is 36.5 Å². The van der Waals surface area contributed by atoms with E-state index in [1.807, 2.05) is 24.3 Å². The molecule has 0 radical (unpaired) electrons. The molecule has 0 amide bonds. The molecule has 4 heteroatoms. The topological polar surface area (TPSA) is 77.8 Å². The fourth-order valence-corrected chi connectivity index (χ4v) is 3.58. The van der Waals surface area contributed by atoms with Crippen LogP contribution in [0.1, 0.15) is 122 Å². The van der Waals surface area contributed by atoms with Gasteiger partial charge in [-0.05, 0) is 64.2 Å². The van der Waals surface area contributed by atoms with Crippen molar-refractivity contribution in [3.63, 3.8) is 0 Å². The Kier molecular flexibility index (Phi) is 23.2. The predicted octanol–water partition coefficient (Wildman–Crippen LogP) is 7.50. The smallest absolute Gasteiger partial charge is 0.303 e. The van der Waals surface area contributed by atoms with Gasteiger partial charge >= 0.3 is 5.97 Å². The first-order chi connectivity index (χ1) is 15.6. The molecule has 0 bridgehead atoms. The van der Waals surface area contributed by atoms with E-state index < -0.39 is 12.1 Å². The van der Waals surface area contributed by atoms with Crippen LogP contribution in [0.5, 0.6) is 0 Å². The number of allylic oxidation sites excluding steroid dienone is 4. The lowest BCUT2D eigenvalue weighted by Gasteiger charge is -2.09. The number of carbonyl (C=O) groups is 1. The third kappa shape index (κ3) is 24.9. The van der Waals surface area contributed by atoms with Crippen LogP contribution >= 0.6 is 0 Å². The number of aliphatic carboxylic acids is 1. The average molecular weight is 451 g/mol. The molecule has 0 spiro atoms. The van der Waals surface area contributed by atoms with E-state index in [9.17, 15) is 15.0 Å². The third-order valence-corrected chi connectivity index (χ3v) is 5.64. The molecule has 0 aromatic rings. The highest BCUT2D eigenvalue weighted by Crippen LogP contribution is 2.13. The second-order valence-corrected chi connectivity index (χ2v) is 8.90. The maximum absolute atomic E-state index is 10.4. The number of aliphatic hydroxyl groups excluding tert-OH is 2. The van der Waals surface area contributed by atoms with Crippen molar-refractivity contribution in [1.29, 1.82) is 0 Å². The van der Waals surface area contributed by atoms with Gasteiger partial charge in [-0.2, -0.15) is 0 Å². The summed E-state index contributed by atoms with van der Waals surface area (Å²) in [4.78, 5) is 10.4. The number of carboxylic acids is 1. The number of unbranched alkanes of at least 4 members (excludes halogenated alkanes) is 9. The van der Waals surface area contributed by atoms with Crippen LogP contribution in [-0.2, 0) is 4.79 Å². The number of aliphatic hydroxyl groups is 2. The molecule has 0 aromatic carbocycles. The van der Waals surface area contributed by atoms with Crippen LogP contribution in [0.2, 0.25) is 0 Å². The zero-order valence-electron chi connectivity index (χ0n) is 20.6. The fourth-order valence-electron chi connectivity index (χ4n) is 3.58. The molecule has 0 aliphatic rings. The summed E-state index contributed by atoms with van der Waals surface area (Å²) in [5.74, 6) is -0.799. The van der Waals surface area contributed by atoms with Gasteiger partial charge in [-0.3, -0.25) is 4.79 Å². The summed E-state index contributed by atoms with van der Waals surface area (Å²) in [6, 6.07) is 0. The number of hydrogen-bond donors (Lipinski definition) is 3. The summed E-state index contributed by atoms with van der Waals surface area (Å²) in [6.07, 6.45) is 29.9. The van der Waals surface area contributed by atoms with Gasteiger partial charge in [-0.1, -0.05) is 88.3 Å². The maximum atomic E-state index is 10.4. The molecule has 0 rings (SSSR count). The summed E-state index contributed by atoms with van der Waals surface area (Å²) in [6.45, 7) is 2.25. The highest BCUT2D eigenvalue weighted by atomic mass is 16.4. The fraction of sp³-hybridized carbons (Fsp3) is 0.750. The van der Waals surface area contributed by atoms with Gasteiger partial charge in [0.15, 0.2) is 0 Å². The molecule has 32 heavy (non-hydrogen) atoms. The van der Waals surface area contributed by atoms with Crippen LogP contribution in [0, 0.1) is 0 Å². The molecule has 3 N–H and O–H groups in total. The van der Waals surface area contributed by atoms with E-state index in [0.717, 1.165) is 25.7 Å². The summed E-state index contributed by atoms with van der Waals surface area (Å²) < 4.78 is 0. The minimum Gasteiger partial charge on any atom is -0.481 e. The molecular formula is C28H50O4. The van der Waals surface area contributed by atoms with E-state index in [-0.39, 0.29) is 12.5 Å². The van der Waals surface area contributed by atoms with Gasteiger partial charge in [-0.25, -0.2) is 0 Å². The largest absolute Gasteiger partial charge is 0.481 e. The van der Waals surface area contributed by atoms with Crippen molar-refractivity contribution >= 4 is 5.97 Å². The molecule has 4 nitrogen and oxygen atoms in total. The third-order valence-electron chi connectivity index (χ3n) is 5.64. The lowest BCUT2D eigenvalue weighted by molar-refractivity contribution is -0.136. The second-order valence-electron chi connectivity index (χ2n) is 8.90. The number of hydrogen-bond acceptors (Lipinski definition) is 3. The molecule has 0 aliphatic heterocycles. The van der Waals surface area contributed by atoms with Crippen molar-refractivity contribution in [2.45, 2.75) is 135 Å². The summed E-state index contributed by atoms with van der Waals surface area (Å²) in [5.41, 5.74) is 0. The Balaban J connectivity index is 3.45. The SMILES string of the molecule is CCCCC/C=C\CCCCCCCCC(O)CC/C=C\CC(O)C/C=C\CCC(=O)O. The molecule has 0 heterocycles. The standard InChI is InChI=1S/C28H50O4/c1-2-3-4-5-6-7-8-9-10-11-12-13-16-21-26(29)22-17-14-18-23-27(30)24-19-15-20-25-28(31)32/h6-7,14-15,18-19,26-27,29-30H,2-5,8-13,16-17,20-25H2,1H3,(H,31,32)/b7-6-,18-14-,19-15-. The highest BCUT2D eigenvalue weighted by molar-refractivity contribution is 5.66. The first-order valence-corrected chi connectivity index (χ1v) is 13.1. The van der Waals surface area contributed by atoms with E-state index in [0.29, 0.717) is 19.3 Å². The van der Waals surface area contributed by atoms with Crippen LogP contribution in [0.4, 0.5) is 0 Å². The molecule has 0 saturated heterocycles.